The lowest BCUT2D eigenvalue weighted by atomic mass is 9.70. The molecule has 3 aromatic carbocycles. The molecule has 0 radical (unpaired) electrons. The molecule has 0 N–H and O–H groups in total. The van der Waals surface area contributed by atoms with Crippen molar-refractivity contribution >= 4 is 26.8 Å². The van der Waals surface area contributed by atoms with Gasteiger partial charge in [0.2, 0.25) is 0 Å². The third-order valence-electron chi connectivity index (χ3n) is 7.92. The highest BCUT2D eigenvalue weighted by molar-refractivity contribution is 7.97. The van der Waals surface area contributed by atoms with E-state index in [1.807, 2.05) is 74.5 Å². The van der Waals surface area contributed by atoms with E-state index in [9.17, 15) is 30.9 Å². The number of halogens is 3. The summed E-state index contributed by atoms with van der Waals surface area (Å²) in [7, 11) is -4.89. The van der Waals surface area contributed by atoms with Crippen LogP contribution < -0.4 is 0 Å². The van der Waals surface area contributed by atoms with Gasteiger partial charge in [0.05, 0.1) is 32.3 Å². The fourth-order valence-corrected chi connectivity index (χ4v) is 9.15. The molecule has 0 saturated heterocycles. The first-order valence-corrected chi connectivity index (χ1v) is 15.0. The second-order valence-corrected chi connectivity index (χ2v) is 13.8. The molecule has 2 aliphatic carbocycles. The maximum absolute atomic E-state index is 13.0. The molecule has 0 amide bonds. The Hall–Kier alpha value is -2.62. The number of hydrogen-bond acceptors (Lipinski definition) is 4. The Morgan fingerprint density at radius 3 is 1.84 bits per heavy atom. The summed E-state index contributed by atoms with van der Waals surface area (Å²) >= 11 is 0. The molecule has 2 saturated carbocycles. The summed E-state index contributed by atoms with van der Waals surface area (Å²) in [5.41, 5.74) is -1.83. The molecule has 2 unspecified atom stereocenters. The summed E-state index contributed by atoms with van der Waals surface area (Å²) in [6.07, 6.45) is -2.46. The number of alkyl halides is 3. The largest absolute Gasteiger partial charge is 0.748 e. The Balaban J connectivity index is 0.000000194. The van der Waals surface area contributed by atoms with Gasteiger partial charge in [0, 0.05) is 17.9 Å². The SMILES string of the molecule is CC1(C)C2CCC1(CS(=O)(=O)[O-])C(=O)C2.FC(F)(F)c1cccc([S+](c2ccccc2)c2ccccc2)c1. The zero-order valence-electron chi connectivity index (χ0n) is 21.1. The van der Waals surface area contributed by atoms with E-state index < -0.39 is 43.9 Å². The maximum Gasteiger partial charge on any atom is 0.416 e. The lowest BCUT2D eigenvalue weighted by molar-refractivity contribution is -0.137. The van der Waals surface area contributed by atoms with Crippen LogP contribution in [0.15, 0.2) is 99.6 Å². The van der Waals surface area contributed by atoms with E-state index in [2.05, 4.69) is 0 Å². The summed E-state index contributed by atoms with van der Waals surface area (Å²) in [5, 5.41) is 0. The monoisotopic (exact) mass is 562 g/mol. The fourth-order valence-electron chi connectivity index (χ4n) is 5.73. The van der Waals surface area contributed by atoms with Crippen molar-refractivity contribution in [2.45, 2.75) is 54.0 Å². The molecule has 0 heterocycles. The van der Waals surface area contributed by atoms with Gasteiger partial charge in [-0.1, -0.05) is 56.3 Å². The molecule has 2 bridgehead atoms. The van der Waals surface area contributed by atoms with Crippen molar-refractivity contribution < 1.29 is 30.9 Å². The second-order valence-electron chi connectivity index (χ2n) is 10.3. The normalized spacial score (nSPS) is 22.3. The number of ketones is 1. The van der Waals surface area contributed by atoms with Crippen molar-refractivity contribution in [1.82, 2.24) is 0 Å². The molecular weight excluding hydrogens is 533 g/mol. The van der Waals surface area contributed by atoms with Crippen LogP contribution >= 0.6 is 0 Å². The van der Waals surface area contributed by atoms with E-state index in [4.69, 9.17) is 0 Å². The molecule has 5 rings (SSSR count). The Morgan fingerprint density at radius 1 is 0.895 bits per heavy atom. The van der Waals surface area contributed by atoms with Crippen molar-refractivity contribution in [2.24, 2.45) is 16.7 Å². The smallest absolute Gasteiger partial charge is 0.416 e. The van der Waals surface area contributed by atoms with Crippen molar-refractivity contribution in [2.75, 3.05) is 5.75 Å². The highest BCUT2D eigenvalue weighted by atomic mass is 32.2. The average Bonchev–Trinajstić information content (AvgIpc) is 3.19. The van der Waals surface area contributed by atoms with Crippen molar-refractivity contribution in [3.8, 4) is 0 Å². The predicted molar refractivity (Wildman–Crippen MR) is 140 cm³/mol. The third kappa shape index (κ3) is 5.70. The van der Waals surface area contributed by atoms with E-state index in [1.165, 1.54) is 12.1 Å². The Morgan fingerprint density at radius 2 is 1.42 bits per heavy atom. The van der Waals surface area contributed by atoms with Crippen LogP contribution in [0.25, 0.3) is 0 Å². The molecular formula is C29H29F3O4S2. The molecule has 3 aromatic rings. The van der Waals surface area contributed by atoms with Crippen LogP contribution in [-0.2, 0) is 32.0 Å². The predicted octanol–water partition coefficient (Wildman–Crippen LogP) is 6.73. The van der Waals surface area contributed by atoms with Crippen molar-refractivity contribution in [3.63, 3.8) is 0 Å². The minimum Gasteiger partial charge on any atom is -0.748 e. The lowest BCUT2D eigenvalue weighted by Gasteiger charge is -2.37. The number of hydrogen-bond donors (Lipinski definition) is 0. The van der Waals surface area contributed by atoms with E-state index >= 15 is 0 Å². The molecule has 2 atom stereocenters. The van der Waals surface area contributed by atoms with Crippen LogP contribution in [0.4, 0.5) is 13.2 Å². The number of fused-ring (bicyclic) bond motifs is 2. The average molecular weight is 563 g/mol. The number of Topliss-reactive ketones (excluding diaryl/α,β-unsaturated/α-hetero) is 1. The lowest BCUT2D eigenvalue weighted by Crippen LogP contribution is -2.42. The van der Waals surface area contributed by atoms with Gasteiger partial charge in [0.25, 0.3) is 0 Å². The molecule has 4 nitrogen and oxygen atoms in total. The molecule has 202 valence electrons. The molecule has 0 aliphatic heterocycles. The van der Waals surface area contributed by atoms with E-state index in [1.54, 1.807) is 6.07 Å². The first-order valence-electron chi connectivity index (χ1n) is 12.2. The van der Waals surface area contributed by atoms with Gasteiger partial charge in [-0.05, 0) is 60.6 Å². The van der Waals surface area contributed by atoms with Gasteiger partial charge in [0.1, 0.15) is 5.78 Å². The quantitative estimate of drug-likeness (QED) is 0.255. The van der Waals surface area contributed by atoms with Crippen LogP contribution in [0, 0.1) is 16.7 Å². The summed E-state index contributed by atoms with van der Waals surface area (Å²) in [5.74, 6) is -0.280. The Labute approximate surface area is 224 Å². The van der Waals surface area contributed by atoms with Crippen molar-refractivity contribution in [3.05, 3.63) is 90.5 Å². The summed E-state index contributed by atoms with van der Waals surface area (Å²) < 4.78 is 71.8. The topological polar surface area (TPSA) is 74.3 Å². The number of carbonyl (C=O) groups is 1. The van der Waals surface area contributed by atoms with Crippen LogP contribution in [0.5, 0.6) is 0 Å². The highest BCUT2D eigenvalue weighted by Crippen LogP contribution is 2.64. The number of carbonyl (C=O) groups excluding carboxylic acids is 1. The summed E-state index contributed by atoms with van der Waals surface area (Å²) in [4.78, 5) is 14.5. The zero-order valence-corrected chi connectivity index (χ0v) is 22.7. The molecule has 2 fully saturated rings. The number of rotatable bonds is 5. The van der Waals surface area contributed by atoms with Gasteiger partial charge < -0.3 is 4.55 Å². The van der Waals surface area contributed by atoms with Gasteiger partial charge in [-0.25, -0.2) is 8.42 Å². The van der Waals surface area contributed by atoms with Crippen LogP contribution in [-0.4, -0.2) is 24.5 Å². The minimum atomic E-state index is -4.33. The summed E-state index contributed by atoms with van der Waals surface area (Å²) in [6, 6.07) is 24.9. The van der Waals surface area contributed by atoms with Gasteiger partial charge in [-0.15, -0.1) is 0 Å². The van der Waals surface area contributed by atoms with E-state index in [0.29, 0.717) is 17.7 Å². The minimum absolute atomic E-state index is 0.0248. The second kappa shape index (κ2) is 10.5. The highest BCUT2D eigenvalue weighted by Gasteiger charge is 2.64. The standard InChI is InChI=1S/C19H14F3S.C10H16O4S/c20-19(21,22)15-8-7-13-18(14-15)23(16-9-3-1-4-10-16)17-11-5-2-6-12-17;1-9(2)7-3-4-10(9,8(11)5-7)6-15(12,13)14/h1-14H;7H,3-6H2,1-2H3,(H,12,13,14)/q+1;/p-1. The van der Waals surface area contributed by atoms with Gasteiger partial charge in [0.15, 0.2) is 14.7 Å². The molecule has 38 heavy (non-hydrogen) atoms. The van der Waals surface area contributed by atoms with Gasteiger partial charge in [-0.3, -0.25) is 4.79 Å². The Kier molecular flexibility index (Phi) is 7.85. The van der Waals surface area contributed by atoms with E-state index in [0.717, 1.165) is 22.3 Å². The first kappa shape index (κ1) is 28.4. The van der Waals surface area contributed by atoms with E-state index in [-0.39, 0.29) is 17.1 Å². The van der Waals surface area contributed by atoms with Crippen LogP contribution in [0.2, 0.25) is 0 Å². The molecule has 2 aliphatic rings. The Bertz CT molecular complexity index is 1350. The molecule has 0 aromatic heterocycles. The van der Waals surface area contributed by atoms with Crippen LogP contribution in [0.1, 0.15) is 38.7 Å². The third-order valence-corrected chi connectivity index (χ3v) is 11.0. The number of benzene rings is 3. The van der Waals surface area contributed by atoms with Crippen LogP contribution in [0.3, 0.4) is 0 Å². The maximum atomic E-state index is 13.0. The molecule has 9 heteroatoms. The van der Waals surface area contributed by atoms with Gasteiger partial charge in [-0.2, -0.15) is 13.2 Å². The molecule has 0 spiro atoms. The first-order chi connectivity index (χ1) is 17.7. The van der Waals surface area contributed by atoms with Gasteiger partial charge >= 0.3 is 6.18 Å². The van der Waals surface area contributed by atoms with Crippen molar-refractivity contribution in [1.29, 1.82) is 0 Å². The summed E-state index contributed by atoms with van der Waals surface area (Å²) in [6.45, 7) is 3.83. The fraction of sp³-hybridized carbons (Fsp3) is 0.345. The zero-order chi connectivity index (χ0) is 27.8.